The summed E-state index contributed by atoms with van der Waals surface area (Å²) in [6.45, 7) is 0.876. The molecule has 1 fully saturated rings. The van der Waals surface area contributed by atoms with Crippen molar-refractivity contribution >= 4 is 31.3 Å². The molecule has 1 aliphatic heterocycles. The number of para-hydroxylation sites is 1. The molecule has 14 nitrogen and oxygen atoms in total. The minimum Gasteiger partial charge on any atom is -0.404 e. The molecule has 0 aliphatic carbocycles. The van der Waals surface area contributed by atoms with E-state index >= 15 is 0 Å². The van der Waals surface area contributed by atoms with Crippen LogP contribution in [0.1, 0.15) is 12.8 Å². The Morgan fingerprint density at radius 2 is 1.38 bits per heavy atom. The lowest BCUT2D eigenvalue weighted by Crippen LogP contribution is -2.22. The lowest BCUT2D eigenvalue weighted by molar-refractivity contribution is 0.108. The van der Waals surface area contributed by atoms with E-state index in [4.69, 9.17) is 18.8 Å². The topological polar surface area (TPSA) is 199 Å². The molecule has 3 unspecified atom stereocenters. The molecular formula is C11H19NO13P4. The molecule has 1 aliphatic rings. The summed E-state index contributed by atoms with van der Waals surface area (Å²) in [6, 6.07) is 7.24. The van der Waals surface area contributed by atoms with E-state index in [0.29, 0.717) is 13.1 Å². The number of hydrogen-bond acceptors (Lipinski definition) is 10. The van der Waals surface area contributed by atoms with Crippen LogP contribution < -0.4 is 4.52 Å². The van der Waals surface area contributed by atoms with Crippen molar-refractivity contribution in [2.24, 2.45) is 0 Å². The van der Waals surface area contributed by atoms with E-state index < -0.39 is 31.3 Å². The van der Waals surface area contributed by atoms with E-state index in [1.807, 2.05) is 0 Å². The molecule has 0 aromatic heterocycles. The molecule has 0 saturated carbocycles. The van der Waals surface area contributed by atoms with Crippen LogP contribution in [0, 0.1) is 0 Å². The molecule has 1 heterocycles. The highest BCUT2D eigenvalue weighted by atomic mass is 31.3. The number of benzene rings is 1. The fraction of sp³-hybridized carbons (Fsp3) is 0.455. The second kappa shape index (κ2) is 9.80. The van der Waals surface area contributed by atoms with Crippen molar-refractivity contribution in [1.82, 2.24) is 4.90 Å². The summed E-state index contributed by atoms with van der Waals surface area (Å²) in [6.07, 6.45) is 1.70. The van der Waals surface area contributed by atoms with Crippen molar-refractivity contribution in [2.45, 2.75) is 12.8 Å². The van der Waals surface area contributed by atoms with Crippen LogP contribution in [0.3, 0.4) is 0 Å². The Kier molecular flexibility index (Phi) is 8.40. The van der Waals surface area contributed by atoms with Gasteiger partial charge in [-0.25, -0.2) is 18.3 Å². The van der Waals surface area contributed by atoms with Crippen molar-refractivity contribution in [3.8, 4) is 5.75 Å². The van der Waals surface area contributed by atoms with Gasteiger partial charge < -0.3 is 24.1 Å². The van der Waals surface area contributed by atoms with Crippen LogP contribution in [0.15, 0.2) is 30.3 Å². The van der Waals surface area contributed by atoms with Crippen LogP contribution in [0.5, 0.6) is 5.75 Å². The van der Waals surface area contributed by atoms with Crippen LogP contribution in [0.25, 0.3) is 0 Å². The van der Waals surface area contributed by atoms with E-state index in [2.05, 4.69) is 12.9 Å². The fourth-order valence-electron chi connectivity index (χ4n) is 2.16. The van der Waals surface area contributed by atoms with Gasteiger partial charge in [0, 0.05) is 13.1 Å². The average Bonchev–Trinajstić information content (AvgIpc) is 3.03. The van der Waals surface area contributed by atoms with Gasteiger partial charge in [0.1, 0.15) is 12.5 Å². The third-order valence-electron chi connectivity index (χ3n) is 3.18. The summed E-state index contributed by atoms with van der Waals surface area (Å²) in [5.74, 6) is -0.0871. The zero-order chi connectivity index (χ0) is 21.8. The van der Waals surface area contributed by atoms with E-state index in [9.17, 15) is 28.0 Å². The SMILES string of the molecule is O=P(O)(O)OP(=O)(O)OP(=O)(O)OP(=O)(OCN1CCCC1)Oc1ccccc1. The second-order valence-electron chi connectivity index (χ2n) is 5.61. The quantitative estimate of drug-likeness (QED) is 0.325. The maximum Gasteiger partial charge on any atom is 0.540 e. The van der Waals surface area contributed by atoms with Crippen molar-refractivity contribution in [1.29, 1.82) is 0 Å². The molecule has 4 N–H and O–H groups in total. The zero-order valence-electron chi connectivity index (χ0n) is 14.6. The first-order chi connectivity index (χ1) is 13.3. The third kappa shape index (κ3) is 9.50. The van der Waals surface area contributed by atoms with Gasteiger partial charge in [-0.3, -0.25) is 9.42 Å². The van der Waals surface area contributed by atoms with Gasteiger partial charge in [-0.05, 0) is 25.0 Å². The Morgan fingerprint density at radius 1 is 0.828 bits per heavy atom. The normalized spacial score (nSPS) is 21.8. The van der Waals surface area contributed by atoms with E-state index in [-0.39, 0.29) is 12.5 Å². The molecule has 1 aromatic rings. The summed E-state index contributed by atoms with van der Waals surface area (Å²) in [5.41, 5.74) is 0. The molecule has 0 amide bonds. The first kappa shape index (κ1) is 24.8. The lowest BCUT2D eigenvalue weighted by Gasteiger charge is -2.23. The van der Waals surface area contributed by atoms with E-state index in [0.717, 1.165) is 12.8 Å². The van der Waals surface area contributed by atoms with Crippen LogP contribution in [0.2, 0.25) is 0 Å². The first-order valence-electron chi connectivity index (χ1n) is 7.84. The Hall–Kier alpha value is -0.420. The zero-order valence-corrected chi connectivity index (χ0v) is 18.2. The van der Waals surface area contributed by atoms with E-state index in [1.165, 1.54) is 24.3 Å². The van der Waals surface area contributed by atoms with Gasteiger partial charge in [0.2, 0.25) is 0 Å². The minimum absolute atomic E-state index is 0.0871. The second-order valence-corrected chi connectivity index (χ2v) is 11.8. The highest BCUT2D eigenvalue weighted by Gasteiger charge is 2.47. The summed E-state index contributed by atoms with van der Waals surface area (Å²) in [7, 11) is -22.0. The lowest BCUT2D eigenvalue weighted by atomic mass is 10.3. The van der Waals surface area contributed by atoms with Gasteiger partial charge in [0.05, 0.1) is 0 Å². The van der Waals surface area contributed by atoms with Gasteiger partial charge in [-0.1, -0.05) is 18.2 Å². The van der Waals surface area contributed by atoms with Crippen molar-refractivity contribution in [2.75, 3.05) is 19.8 Å². The van der Waals surface area contributed by atoms with Crippen molar-refractivity contribution in [3.63, 3.8) is 0 Å². The smallest absolute Gasteiger partial charge is 0.404 e. The monoisotopic (exact) mass is 497 g/mol. The van der Waals surface area contributed by atoms with Crippen LogP contribution in [0.4, 0.5) is 0 Å². The Morgan fingerprint density at radius 3 is 1.93 bits per heavy atom. The minimum atomic E-state index is -5.79. The number of likely N-dealkylation sites (tertiary alicyclic amines) is 1. The molecule has 1 aromatic carbocycles. The number of phosphoric ester groups is 1. The summed E-state index contributed by atoms with van der Waals surface area (Å²) < 4.78 is 68.5. The standard InChI is InChI=1S/C11H19NO13P4/c13-26(14,15)23-27(16,17)24-28(18,19)25-29(20,21-10-12-8-4-5-9-12)22-11-6-2-1-3-7-11/h1-3,6-7H,4-5,8-10H2,(H,16,17)(H,18,19)(H2,13,14,15). The van der Waals surface area contributed by atoms with Crippen molar-refractivity contribution in [3.05, 3.63) is 30.3 Å². The van der Waals surface area contributed by atoms with E-state index in [1.54, 1.807) is 11.0 Å². The molecular weight excluding hydrogens is 478 g/mol. The van der Waals surface area contributed by atoms with Crippen molar-refractivity contribution < 1.29 is 59.8 Å². The maximum atomic E-state index is 12.9. The fourth-order valence-corrected chi connectivity index (χ4v) is 7.13. The largest absolute Gasteiger partial charge is 0.540 e. The highest BCUT2D eigenvalue weighted by Crippen LogP contribution is 2.71. The number of hydrogen-bond donors (Lipinski definition) is 4. The third-order valence-corrected chi connectivity index (χ3v) is 9.00. The predicted molar refractivity (Wildman–Crippen MR) is 96.4 cm³/mol. The molecule has 2 rings (SSSR count). The Balaban J connectivity index is 2.15. The van der Waals surface area contributed by atoms with Gasteiger partial charge in [0.25, 0.3) is 0 Å². The molecule has 18 heteroatoms. The molecule has 166 valence electrons. The van der Waals surface area contributed by atoms with Crippen LogP contribution in [-0.2, 0) is 35.7 Å². The summed E-state index contributed by atoms with van der Waals surface area (Å²) in [4.78, 5) is 37.6. The van der Waals surface area contributed by atoms with Crippen LogP contribution in [-0.4, -0.2) is 44.3 Å². The summed E-state index contributed by atoms with van der Waals surface area (Å²) >= 11 is 0. The number of phosphoric acid groups is 4. The van der Waals surface area contributed by atoms with Gasteiger partial charge in [-0.2, -0.15) is 12.9 Å². The first-order valence-corrected chi connectivity index (χ1v) is 13.8. The number of nitrogens with zero attached hydrogens (tertiary/aromatic N) is 1. The predicted octanol–water partition coefficient (Wildman–Crippen LogP) is 2.59. The maximum absolute atomic E-state index is 12.9. The Bertz CT molecular complexity index is 867. The molecule has 0 spiro atoms. The molecule has 1 saturated heterocycles. The number of rotatable bonds is 11. The Labute approximate surface area is 165 Å². The molecule has 3 atom stereocenters. The molecule has 0 radical (unpaired) electrons. The molecule has 0 bridgehead atoms. The summed E-state index contributed by atoms with van der Waals surface area (Å²) in [5, 5.41) is 0. The van der Waals surface area contributed by atoms with Gasteiger partial charge in [-0.15, -0.1) is 0 Å². The van der Waals surface area contributed by atoms with Gasteiger partial charge >= 0.3 is 31.3 Å². The molecule has 29 heavy (non-hydrogen) atoms. The average molecular weight is 497 g/mol. The van der Waals surface area contributed by atoms with Gasteiger partial charge in [0.15, 0.2) is 0 Å². The van der Waals surface area contributed by atoms with Crippen LogP contribution >= 0.6 is 31.3 Å². The highest BCUT2D eigenvalue weighted by molar-refractivity contribution is 7.69.